The average molecular weight is 322 g/mol. The molecule has 0 aliphatic heterocycles. The highest BCUT2D eigenvalue weighted by Crippen LogP contribution is 2.77. The molecule has 114 valence electrons. The lowest BCUT2D eigenvalue weighted by atomic mass is 9.34. The predicted molar refractivity (Wildman–Crippen MR) is 106 cm³/mol. The minimum atomic E-state index is 0.689. The normalized spacial score (nSPS) is 37.4. The molecule has 0 radical (unpaired) electrons. The van der Waals surface area contributed by atoms with E-state index >= 15 is 0 Å². The Bertz CT molecular complexity index is 1920. The fraction of sp³-hybridized carbons (Fsp3) is 0.231. The van der Waals surface area contributed by atoms with Crippen molar-refractivity contribution in [3.05, 3.63) is 38.8 Å². The minimum absolute atomic E-state index is 0.689. The van der Waals surface area contributed by atoms with Crippen LogP contribution in [-0.4, -0.2) is 0 Å². The number of hydrogen-bond acceptors (Lipinski definition) is 0. The van der Waals surface area contributed by atoms with Crippen molar-refractivity contribution in [2.24, 2.45) is 23.7 Å². The fourth-order valence-electron chi connectivity index (χ4n) is 9.24. The summed E-state index contributed by atoms with van der Waals surface area (Å²) in [7, 11) is 0. The molecule has 0 saturated heterocycles. The average Bonchev–Trinajstić information content (AvgIpc) is 2.57. The number of benzene rings is 5. The van der Waals surface area contributed by atoms with E-state index in [4.69, 9.17) is 0 Å². The summed E-state index contributed by atoms with van der Waals surface area (Å²) in [5, 5.41) is 20.2. The Balaban J connectivity index is 1.45. The number of fused-ring (bicyclic) bond motifs is 28. The zero-order chi connectivity index (χ0) is 15.5. The molecule has 0 aromatic heterocycles. The van der Waals surface area contributed by atoms with Crippen LogP contribution in [0.5, 0.6) is 0 Å². The Morgan fingerprint density at radius 2 is 1.54 bits per heavy atom. The number of rotatable bonds is 0. The van der Waals surface area contributed by atoms with Crippen LogP contribution in [0.3, 0.4) is 0 Å². The van der Waals surface area contributed by atoms with E-state index in [0.29, 0.717) is 5.92 Å². The highest BCUT2D eigenvalue weighted by Gasteiger charge is 2.67. The van der Waals surface area contributed by atoms with E-state index in [0.717, 1.165) is 23.7 Å². The smallest absolute Gasteiger partial charge is 0.0145 e. The van der Waals surface area contributed by atoms with Gasteiger partial charge in [-0.2, -0.15) is 0 Å². The van der Waals surface area contributed by atoms with Gasteiger partial charge in [0.05, 0.1) is 0 Å². The quantitative estimate of drug-likeness (QED) is 0.365. The van der Waals surface area contributed by atoms with E-state index in [2.05, 4.69) is 18.2 Å². The highest BCUT2D eigenvalue weighted by molar-refractivity contribution is 6.65. The standard InChI is InChI=1S/C26H10/c1-5-2-9-10-4-6(5)3-8-7(1)11-12(8)16-15(11)19-20(16)24-23(19)25-22-18-14(10)13(9)17(18)21(22)26(24)25/h1-3,6,10,13-14,17H,4H2. The molecule has 2 fully saturated rings. The van der Waals surface area contributed by atoms with Crippen LogP contribution in [0.15, 0.2) is 17.2 Å². The molecule has 2 saturated carbocycles. The molecule has 0 N–H and O–H groups in total. The van der Waals surface area contributed by atoms with Gasteiger partial charge in [-0.25, -0.2) is 0 Å². The van der Waals surface area contributed by atoms with Crippen molar-refractivity contribution >= 4 is 71.6 Å². The number of hydrogen-bond donors (Lipinski definition) is 0. The second kappa shape index (κ2) is 2.26. The van der Waals surface area contributed by atoms with Crippen molar-refractivity contribution in [3.8, 4) is 0 Å². The van der Waals surface area contributed by atoms with E-state index in [9.17, 15) is 0 Å². The molecule has 26 heavy (non-hydrogen) atoms. The molecule has 5 unspecified atom stereocenters. The number of allylic oxidation sites excluding steroid dienone is 3. The summed E-state index contributed by atoms with van der Waals surface area (Å²) < 4.78 is 0. The van der Waals surface area contributed by atoms with Gasteiger partial charge in [0.2, 0.25) is 0 Å². The lowest BCUT2D eigenvalue weighted by Crippen LogP contribution is -2.63. The van der Waals surface area contributed by atoms with Crippen LogP contribution >= 0.6 is 0 Å². The first-order valence-corrected chi connectivity index (χ1v) is 10.3. The third-order valence-electron chi connectivity index (χ3n) is 10.1. The first-order valence-electron chi connectivity index (χ1n) is 10.3. The maximum absolute atomic E-state index is 2.66. The molecule has 11 rings (SSSR count). The van der Waals surface area contributed by atoms with Gasteiger partial charge in [-0.3, -0.25) is 0 Å². The van der Waals surface area contributed by atoms with Gasteiger partial charge in [0.15, 0.2) is 0 Å². The zero-order valence-corrected chi connectivity index (χ0v) is 13.8. The minimum Gasteiger partial charge on any atom is -0.0684 e. The summed E-state index contributed by atoms with van der Waals surface area (Å²) >= 11 is 0. The molecule has 0 bridgehead atoms. The summed E-state index contributed by atoms with van der Waals surface area (Å²) in [4.78, 5) is 0. The maximum atomic E-state index is 2.66. The molecule has 0 spiro atoms. The van der Waals surface area contributed by atoms with Gasteiger partial charge in [0, 0.05) is 11.8 Å². The molecular weight excluding hydrogens is 312 g/mol. The largest absolute Gasteiger partial charge is 0.0684 e. The van der Waals surface area contributed by atoms with E-state index in [1.54, 1.807) is 75.4 Å². The van der Waals surface area contributed by atoms with Gasteiger partial charge in [-0.15, -0.1) is 0 Å². The van der Waals surface area contributed by atoms with Crippen molar-refractivity contribution < 1.29 is 0 Å². The van der Waals surface area contributed by atoms with Crippen LogP contribution in [0, 0.1) is 23.7 Å². The van der Waals surface area contributed by atoms with Crippen molar-refractivity contribution in [1.82, 2.24) is 0 Å². The molecule has 6 aromatic carbocycles. The Hall–Kier alpha value is -2.60. The molecule has 0 heteroatoms. The van der Waals surface area contributed by atoms with Crippen LogP contribution in [0.4, 0.5) is 0 Å². The third-order valence-corrected chi connectivity index (χ3v) is 10.1. The molecule has 5 aliphatic rings. The Morgan fingerprint density at radius 1 is 0.731 bits per heavy atom. The summed E-state index contributed by atoms with van der Waals surface area (Å²) in [6, 6.07) is 0. The van der Waals surface area contributed by atoms with Crippen molar-refractivity contribution in [3.63, 3.8) is 0 Å². The van der Waals surface area contributed by atoms with Crippen LogP contribution < -0.4 is 10.4 Å². The van der Waals surface area contributed by atoms with E-state index < -0.39 is 0 Å². The van der Waals surface area contributed by atoms with Crippen molar-refractivity contribution in [2.45, 2.75) is 12.3 Å². The zero-order valence-electron chi connectivity index (χ0n) is 13.8. The lowest BCUT2D eigenvalue weighted by molar-refractivity contribution is 0.117. The van der Waals surface area contributed by atoms with Gasteiger partial charge >= 0.3 is 0 Å². The van der Waals surface area contributed by atoms with Crippen LogP contribution in [-0.2, 0) is 0 Å². The molecule has 0 nitrogen and oxygen atoms in total. The van der Waals surface area contributed by atoms with Crippen LogP contribution in [0.1, 0.15) is 23.5 Å². The molecular formula is C26H10. The molecule has 6 aromatic rings. The van der Waals surface area contributed by atoms with Gasteiger partial charge in [-0.05, 0) is 117 Å². The Kier molecular flexibility index (Phi) is 0.862. The lowest BCUT2D eigenvalue weighted by Gasteiger charge is -2.69. The first-order chi connectivity index (χ1) is 12.9. The topological polar surface area (TPSA) is 0 Å². The second-order valence-electron chi connectivity index (χ2n) is 10.3. The van der Waals surface area contributed by atoms with Gasteiger partial charge in [-0.1, -0.05) is 17.7 Å². The van der Waals surface area contributed by atoms with Gasteiger partial charge in [0.1, 0.15) is 0 Å². The summed E-state index contributed by atoms with van der Waals surface area (Å²) in [6.45, 7) is 0. The molecule has 0 heterocycles. The SMILES string of the molecule is C1=C2C=C3C4CC2C=c2c1c1c2c2c1c1c5c6c7c(c6c5c21)C1C=7C4C31. The van der Waals surface area contributed by atoms with Gasteiger partial charge < -0.3 is 0 Å². The fourth-order valence-corrected chi connectivity index (χ4v) is 9.24. The van der Waals surface area contributed by atoms with Crippen molar-refractivity contribution in [2.75, 3.05) is 0 Å². The Morgan fingerprint density at radius 3 is 2.50 bits per heavy atom. The maximum Gasteiger partial charge on any atom is 0.0145 e. The van der Waals surface area contributed by atoms with E-state index in [1.165, 1.54) is 6.42 Å². The summed E-state index contributed by atoms with van der Waals surface area (Å²) in [5.41, 5.74) is 8.76. The highest BCUT2D eigenvalue weighted by atomic mass is 14.7. The molecule has 5 aliphatic carbocycles. The Labute approximate surface area is 146 Å². The van der Waals surface area contributed by atoms with Crippen molar-refractivity contribution in [1.29, 1.82) is 0 Å². The molecule has 5 atom stereocenters. The van der Waals surface area contributed by atoms with E-state index in [1.807, 2.05) is 16.7 Å². The predicted octanol–water partition coefficient (Wildman–Crippen LogP) is 4.34. The third kappa shape index (κ3) is 0.532. The monoisotopic (exact) mass is 322 g/mol. The molecule has 0 amide bonds. The summed E-state index contributed by atoms with van der Waals surface area (Å²) in [6.07, 6.45) is 9.28. The van der Waals surface area contributed by atoms with E-state index in [-0.39, 0.29) is 0 Å². The second-order valence-corrected chi connectivity index (χ2v) is 10.3. The first kappa shape index (κ1) is 9.92. The van der Waals surface area contributed by atoms with Crippen LogP contribution in [0.25, 0.3) is 71.6 Å². The van der Waals surface area contributed by atoms with Crippen LogP contribution in [0.2, 0.25) is 0 Å². The van der Waals surface area contributed by atoms with Gasteiger partial charge in [0.25, 0.3) is 0 Å². The summed E-state index contributed by atoms with van der Waals surface area (Å²) in [5.74, 6) is 4.22.